The van der Waals surface area contributed by atoms with E-state index in [1.807, 2.05) is 0 Å². The smallest absolute Gasteiger partial charge is 0.273 e. The van der Waals surface area contributed by atoms with Crippen molar-refractivity contribution in [1.29, 1.82) is 0 Å². The predicted octanol–water partition coefficient (Wildman–Crippen LogP) is 1.71. The molecule has 1 N–H and O–H groups in total. The lowest BCUT2D eigenvalue weighted by molar-refractivity contribution is -0.385. The molecule has 0 bridgehead atoms. The van der Waals surface area contributed by atoms with E-state index in [9.17, 15) is 19.6 Å². The van der Waals surface area contributed by atoms with Crippen molar-refractivity contribution in [1.82, 2.24) is 0 Å². The van der Waals surface area contributed by atoms with Gasteiger partial charge < -0.3 is 5.11 Å². The zero-order valence-corrected chi connectivity index (χ0v) is 7.24. The van der Waals surface area contributed by atoms with E-state index in [1.165, 1.54) is 0 Å². The quantitative estimate of drug-likeness (QED) is 0.550. The molecule has 4 nitrogen and oxygen atoms in total. The molecule has 0 saturated carbocycles. The summed E-state index contributed by atoms with van der Waals surface area (Å²) in [5.74, 6) is -0.560. The van der Waals surface area contributed by atoms with Gasteiger partial charge in [-0.1, -0.05) is 0 Å². The minimum atomic E-state index is -0.898. The molecule has 0 radical (unpaired) electrons. The number of fused-ring (bicyclic) bond motifs is 1. The van der Waals surface area contributed by atoms with Gasteiger partial charge in [0.2, 0.25) is 0 Å². The molecule has 1 aromatic rings. The molecule has 2 rings (SSSR count). The van der Waals surface area contributed by atoms with Crippen LogP contribution in [0, 0.1) is 15.9 Å². The minimum absolute atomic E-state index is 0.0965. The third kappa shape index (κ3) is 1.17. The molecule has 1 aliphatic rings. The second-order valence-electron chi connectivity index (χ2n) is 3.27. The molecule has 74 valence electrons. The second kappa shape index (κ2) is 3.02. The van der Waals surface area contributed by atoms with Gasteiger partial charge >= 0.3 is 0 Å². The highest BCUT2D eigenvalue weighted by atomic mass is 19.1. The summed E-state index contributed by atoms with van der Waals surface area (Å²) in [6.45, 7) is 0. The Morgan fingerprint density at radius 3 is 2.93 bits per heavy atom. The number of aliphatic hydroxyl groups is 1. The van der Waals surface area contributed by atoms with E-state index in [2.05, 4.69) is 0 Å². The Labute approximate surface area is 79.1 Å². The highest BCUT2D eigenvalue weighted by Gasteiger charge is 2.30. The number of halogens is 1. The van der Waals surface area contributed by atoms with Gasteiger partial charge in [-0.05, 0) is 18.9 Å². The van der Waals surface area contributed by atoms with Crippen molar-refractivity contribution >= 4 is 5.69 Å². The summed E-state index contributed by atoms with van der Waals surface area (Å²) in [6.07, 6.45) is -0.174. The molecule has 1 aromatic carbocycles. The van der Waals surface area contributed by atoms with Crippen LogP contribution in [-0.4, -0.2) is 10.0 Å². The fraction of sp³-hybridized carbons (Fsp3) is 0.333. The lowest BCUT2D eigenvalue weighted by Gasteiger charge is -2.04. The van der Waals surface area contributed by atoms with Crippen LogP contribution in [-0.2, 0) is 6.42 Å². The van der Waals surface area contributed by atoms with E-state index in [0.717, 1.165) is 12.1 Å². The van der Waals surface area contributed by atoms with Crippen molar-refractivity contribution in [3.8, 4) is 0 Å². The van der Waals surface area contributed by atoms with Gasteiger partial charge in [-0.3, -0.25) is 10.1 Å². The molecule has 14 heavy (non-hydrogen) atoms. The van der Waals surface area contributed by atoms with Crippen molar-refractivity contribution in [2.24, 2.45) is 0 Å². The predicted molar refractivity (Wildman–Crippen MR) is 46.3 cm³/mol. The molecule has 0 fully saturated rings. The molecule has 1 aliphatic carbocycles. The zero-order valence-electron chi connectivity index (χ0n) is 7.24. The van der Waals surface area contributed by atoms with Crippen LogP contribution in [0.15, 0.2) is 12.1 Å². The largest absolute Gasteiger partial charge is 0.388 e. The SMILES string of the molecule is O=[N+]([O-])c1ccc(F)c2c1CCC2O. The van der Waals surface area contributed by atoms with Crippen LogP contribution in [0.3, 0.4) is 0 Å². The fourth-order valence-electron chi connectivity index (χ4n) is 1.84. The van der Waals surface area contributed by atoms with Crippen molar-refractivity contribution in [3.05, 3.63) is 39.2 Å². The maximum atomic E-state index is 13.2. The Hall–Kier alpha value is -1.49. The lowest BCUT2D eigenvalue weighted by Crippen LogP contribution is -1.99. The first-order chi connectivity index (χ1) is 6.61. The van der Waals surface area contributed by atoms with Crippen molar-refractivity contribution in [3.63, 3.8) is 0 Å². The average Bonchev–Trinajstić information content (AvgIpc) is 2.49. The number of rotatable bonds is 1. The molecule has 1 unspecified atom stereocenters. The van der Waals surface area contributed by atoms with Gasteiger partial charge in [0.25, 0.3) is 5.69 Å². The van der Waals surface area contributed by atoms with Gasteiger partial charge in [0.15, 0.2) is 0 Å². The first-order valence-corrected chi connectivity index (χ1v) is 4.25. The summed E-state index contributed by atoms with van der Waals surface area (Å²) in [5, 5.41) is 20.0. The van der Waals surface area contributed by atoms with E-state index >= 15 is 0 Å². The normalized spacial score (nSPS) is 19.4. The number of nitro benzene ring substituents is 1. The molecule has 1 atom stereocenters. The van der Waals surface area contributed by atoms with E-state index in [1.54, 1.807) is 0 Å². The number of hydrogen-bond acceptors (Lipinski definition) is 3. The topological polar surface area (TPSA) is 63.4 Å². The zero-order chi connectivity index (χ0) is 10.3. The number of benzene rings is 1. The maximum Gasteiger partial charge on any atom is 0.273 e. The summed E-state index contributed by atoms with van der Waals surface area (Å²) in [6, 6.07) is 2.18. The van der Waals surface area contributed by atoms with Gasteiger partial charge in [-0.15, -0.1) is 0 Å². The van der Waals surface area contributed by atoms with Crippen LogP contribution in [0.4, 0.5) is 10.1 Å². The van der Waals surface area contributed by atoms with Crippen LogP contribution in [0.5, 0.6) is 0 Å². The molecule has 0 amide bonds. The number of nitro groups is 1. The minimum Gasteiger partial charge on any atom is -0.388 e. The standard InChI is InChI=1S/C9H8FNO3/c10-6-2-3-7(11(13)14)5-1-4-8(12)9(5)6/h2-3,8,12H,1,4H2. The van der Waals surface area contributed by atoms with E-state index < -0.39 is 16.8 Å². The Kier molecular flexibility index (Phi) is 1.96. The summed E-state index contributed by atoms with van der Waals surface area (Å²) >= 11 is 0. The maximum absolute atomic E-state index is 13.2. The third-order valence-electron chi connectivity index (χ3n) is 2.48. The van der Waals surface area contributed by atoms with E-state index in [-0.39, 0.29) is 11.3 Å². The third-order valence-corrected chi connectivity index (χ3v) is 2.48. The Morgan fingerprint density at radius 2 is 2.29 bits per heavy atom. The molecule has 5 heteroatoms. The lowest BCUT2D eigenvalue weighted by atomic mass is 10.1. The molecular formula is C9H8FNO3. The van der Waals surface area contributed by atoms with Crippen molar-refractivity contribution < 1.29 is 14.4 Å². The van der Waals surface area contributed by atoms with Gasteiger partial charge in [0, 0.05) is 17.2 Å². The monoisotopic (exact) mass is 197 g/mol. The molecule has 0 aromatic heterocycles. The van der Waals surface area contributed by atoms with Crippen molar-refractivity contribution in [2.45, 2.75) is 18.9 Å². The van der Waals surface area contributed by atoms with Gasteiger partial charge in [0.1, 0.15) is 5.82 Å². The average molecular weight is 197 g/mol. The summed E-state index contributed by atoms with van der Waals surface area (Å²) < 4.78 is 13.2. The Bertz CT molecular complexity index is 405. The Morgan fingerprint density at radius 1 is 1.57 bits per heavy atom. The second-order valence-corrected chi connectivity index (χ2v) is 3.27. The number of aliphatic hydroxyl groups excluding tert-OH is 1. The van der Waals surface area contributed by atoms with Crippen molar-refractivity contribution in [2.75, 3.05) is 0 Å². The van der Waals surface area contributed by atoms with E-state index in [0.29, 0.717) is 18.4 Å². The first kappa shape index (κ1) is 9.08. The fourth-order valence-corrected chi connectivity index (χ4v) is 1.84. The van der Waals surface area contributed by atoms with Gasteiger partial charge in [-0.25, -0.2) is 4.39 Å². The number of hydrogen-bond donors (Lipinski definition) is 1. The molecule has 0 spiro atoms. The highest BCUT2D eigenvalue weighted by molar-refractivity contribution is 5.49. The molecule has 0 aliphatic heterocycles. The summed E-state index contributed by atoms with van der Waals surface area (Å²) in [4.78, 5) is 10.0. The van der Waals surface area contributed by atoms with Crippen LogP contribution >= 0.6 is 0 Å². The molecular weight excluding hydrogens is 189 g/mol. The van der Waals surface area contributed by atoms with Gasteiger partial charge in [-0.2, -0.15) is 0 Å². The number of nitrogens with zero attached hydrogens (tertiary/aromatic N) is 1. The van der Waals surface area contributed by atoms with Crippen LogP contribution in [0.2, 0.25) is 0 Å². The van der Waals surface area contributed by atoms with Crippen LogP contribution in [0.25, 0.3) is 0 Å². The van der Waals surface area contributed by atoms with E-state index in [4.69, 9.17) is 0 Å². The summed E-state index contributed by atoms with van der Waals surface area (Å²) in [5.41, 5.74) is 0.333. The van der Waals surface area contributed by atoms with Gasteiger partial charge in [0.05, 0.1) is 11.0 Å². The first-order valence-electron chi connectivity index (χ1n) is 4.25. The van der Waals surface area contributed by atoms with Crippen LogP contribution < -0.4 is 0 Å². The van der Waals surface area contributed by atoms with Crippen LogP contribution in [0.1, 0.15) is 23.7 Å². The molecule has 0 heterocycles. The highest BCUT2D eigenvalue weighted by Crippen LogP contribution is 2.38. The summed E-state index contributed by atoms with van der Waals surface area (Å²) in [7, 11) is 0. The molecule has 0 saturated heterocycles. The Balaban J connectivity index is 2.64.